The van der Waals surface area contributed by atoms with Crippen LogP contribution in [0.15, 0.2) is 59.5 Å². The van der Waals surface area contributed by atoms with Crippen LogP contribution in [-0.4, -0.2) is 28.4 Å². The number of hydrogen-bond donors (Lipinski definition) is 2. The van der Waals surface area contributed by atoms with Gasteiger partial charge in [-0.15, -0.1) is 0 Å². The molecule has 0 aliphatic heterocycles. The number of aromatic nitrogens is 2. The molecule has 7 heteroatoms. The first-order valence-corrected chi connectivity index (χ1v) is 7.65. The third-order valence-electron chi connectivity index (χ3n) is 3.69. The lowest BCUT2D eigenvalue weighted by atomic mass is 10.2. The smallest absolute Gasteiger partial charge is 0.269 e. The van der Waals surface area contributed by atoms with E-state index in [4.69, 9.17) is 0 Å². The average Bonchev–Trinajstić information content (AvgIpc) is 2.63. The van der Waals surface area contributed by atoms with Crippen molar-refractivity contribution < 1.29 is 9.59 Å². The minimum atomic E-state index is -0.368. The molecule has 2 N–H and O–H groups in total. The number of anilines is 1. The Labute approximate surface area is 143 Å². The summed E-state index contributed by atoms with van der Waals surface area (Å²) in [6, 6.07) is 13.7. The summed E-state index contributed by atoms with van der Waals surface area (Å²) in [4.78, 5) is 40.1. The zero-order valence-corrected chi connectivity index (χ0v) is 13.5. The molecule has 0 radical (unpaired) electrons. The number of hydrogen-bond acceptors (Lipinski definition) is 4. The Morgan fingerprint density at radius 3 is 2.72 bits per heavy atom. The molecule has 7 nitrogen and oxygen atoms in total. The van der Waals surface area contributed by atoms with Crippen LogP contribution in [0.5, 0.6) is 0 Å². The number of carbonyl (C=O) groups excluding carboxylic acids is 2. The van der Waals surface area contributed by atoms with Crippen molar-refractivity contribution in [1.82, 2.24) is 14.9 Å². The van der Waals surface area contributed by atoms with Gasteiger partial charge in [0.1, 0.15) is 6.54 Å². The highest BCUT2D eigenvalue weighted by atomic mass is 16.2. The monoisotopic (exact) mass is 336 g/mol. The zero-order chi connectivity index (χ0) is 17.8. The van der Waals surface area contributed by atoms with Gasteiger partial charge in [0.15, 0.2) is 0 Å². The summed E-state index contributed by atoms with van der Waals surface area (Å²) in [5.41, 5.74) is 1.79. The second kappa shape index (κ2) is 6.96. The van der Waals surface area contributed by atoms with E-state index >= 15 is 0 Å². The standard InChI is InChI=1S/C18H16N4O3/c1-19-18(25)12-5-4-6-13(9-12)21-16(23)11-22-15-8-3-2-7-14(15)20-10-17(22)24/h2-10H,11H2,1H3,(H,19,25)(H,21,23). The molecule has 126 valence electrons. The van der Waals surface area contributed by atoms with Crippen molar-refractivity contribution in [2.75, 3.05) is 12.4 Å². The number of carbonyl (C=O) groups is 2. The van der Waals surface area contributed by atoms with Crippen LogP contribution in [0.3, 0.4) is 0 Å². The van der Waals surface area contributed by atoms with Gasteiger partial charge < -0.3 is 10.6 Å². The molecule has 0 atom stereocenters. The highest BCUT2D eigenvalue weighted by molar-refractivity contribution is 5.97. The fourth-order valence-electron chi connectivity index (χ4n) is 2.50. The first kappa shape index (κ1) is 16.4. The Morgan fingerprint density at radius 2 is 1.92 bits per heavy atom. The van der Waals surface area contributed by atoms with E-state index in [0.717, 1.165) is 0 Å². The lowest BCUT2D eigenvalue weighted by Gasteiger charge is -2.10. The summed E-state index contributed by atoms with van der Waals surface area (Å²) >= 11 is 0. The minimum Gasteiger partial charge on any atom is -0.355 e. The molecule has 2 aromatic carbocycles. The molecule has 3 rings (SSSR count). The predicted octanol–water partition coefficient (Wildman–Crippen LogP) is 1.39. The minimum absolute atomic E-state index is 0.147. The van der Waals surface area contributed by atoms with Crippen molar-refractivity contribution >= 4 is 28.5 Å². The van der Waals surface area contributed by atoms with Gasteiger partial charge >= 0.3 is 0 Å². The number of fused-ring (bicyclic) bond motifs is 1. The number of amides is 2. The lowest BCUT2D eigenvalue weighted by Crippen LogP contribution is -2.28. The fourth-order valence-corrected chi connectivity index (χ4v) is 2.50. The first-order chi connectivity index (χ1) is 12.1. The van der Waals surface area contributed by atoms with Crippen molar-refractivity contribution in [2.24, 2.45) is 0 Å². The van der Waals surface area contributed by atoms with Gasteiger partial charge in [-0.1, -0.05) is 18.2 Å². The molecule has 0 aliphatic carbocycles. The van der Waals surface area contributed by atoms with Crippen LogP contribution in [-0.2, 0) is 11.3 Å². The third-order valence-corrected chi connectivity index (χ3v) is 3.69. The second-order valence-electron chi connectivity index (χ2n) is 5.38. The molecule has 0 fully saturated rings. The summed E-state index contributed by atoms with van der Waals surface area (Å²) in [6.45, 7) is -0.147. The summed E-state index contributed by atoms with van der Waals surface area (Å²) in [5.74, 6) is -0.611. The van der Waals surface area contributed by atoms with Crippen LogP contribution in [0.2, 0.25) is 0 Å². The molecule has 2 amide bonds. The molecule has 25 heavy (non-hydrogen) atoms. The van der Waals surface area contributed by atoms with Crippen molar-refractivity contribution in [3.63, 3.8) is 0 Å². The maximum atomic E-state index is 12.3. The molecule has 0 bridgehead atoms. The molecule has 1 heterocycles. The topological polar surface area (TPSA) is 93.1 Å². The van der Waals surface area contributed by atoms with Crippen LogP contribution in [0.1, 0.15) is 10.4 Å². The highest BCUT2D eigenvalue weighted by Crippen LogP contribution is 2.12. The van der Waals surface area contributed by atoms with Crippen molar-refractivity contribution in [3.8, 4) is 0 Å². The van der Waals surface area contributed by atoms with Gasteiger partial charge in [-0.2, -0.15) is 0 Å². The molecule has 0 saturated carbocycles. The first-order valence-electron chi connectivity index (χ1n) is 7.65. The summed E-state index contributed by atoms with van der Waals surface area (Å²) < 4.78 is 1.36. The normalized spacial score (nSPS) is 10.4. The van der Waals surface area contributed by atoms with E-state index in [-0.39, 0.29) is 23.9 Å². The average molecular weight is 336 g/mol. The van der Waals surface area contributed by atoms with Crippen LogP contribution in [0.25, 0.3) is 11.0 Å². The SMILES string of the molecule is CNC(=O)c1cccc(NC(=O)Cn2c(=O)cnc3ccccc32)c1. The quantitative estimate of drug-likeness (QED) is 0.753. The van der Waals surface area contributed by atoms with E-state index in [1.165, 1.54) is 17.8 Å². The number of nitrogens with zero attached hydrogens (tertiary/aromatic N) is 2. The summed E-state index contributed by atoms with van der Waals surface area (Å²) in [6.07, 6.45) is 1.20. The Hall–Kier alpha value is -3.48. The van der Waals surface area contributed by atoms with Gasteiger partial charge in [-0.25, -0.2) is 4.98 Å². The number of para-hydroxylation sites is 2. The molecule has 0 aliphatic rings. The van der Waals surface area contributed by atoms with Gasteiger partial charge in [0.25, 0.3) is 11.5 Å². The molecule has 0 unspecified atom stereocenters. The van der Waals surface area contributed by atoms with Gasteiger partial charge in [-0.05, 0) is 30.3 Å². The third kappa shape index (κ3) is 3.55. The molecule has 1 aromatic heterocycles. The van der Waals surface area contributed by atoms with Crippen LogP contribution < -0.4 is 16.2 Å². The molecular formula is C18H16N4O3. The number of nitrogens with one attached hydrogen (secondary N) is 2. The summed E-state index contributed by atoms with van der Waals surface area (Å²) in [5, 5.41) is 5.23. The Morgan fingerprint density at radius 1 is 1.12 bits per heavy atom. The van der Waals surface area contributed by atoms with E-state index in [0.29, 0.717) is 22.3 Å². The van der Waals surface area contributed by atoms with E-state index < -0.39 is 0 Å². The van der Waals surface area contributed by atoms with Crippen molar-refractivity contribution in [3.05, 3.63) is 70.6 Å². The van der Waals surface area contributed by atoms with E-state index in [1.54, 1.807) is 42.5 Å². The van der Waals surface area contributed by atoms with E-state index in [9.17, 15) is 14.4 Å². The van der Waals surface area contributed by atoms with Gasteiger partial charge in [-0.3, -0.25) is 19.0 Å². The second-order valence-corrected chi connectivity index (χ2v) is 5.38. The maximum Gasteiger partial charge on any atom is 0.269 e. The highest BCUT2D eigenvalue weighted by Gasteiger charge is 2.10. The van der Waals surface area contributed by atoms with Crippen molar-refractivity contribution in [2.45, 2.75) is 6.54 Å². The Balaban J connectivity index is 1.83. The Kier molecular flexibility index (Phi) is 4.56. The molecule has 0 spiro atoms. The zero-order valence-electron chi connectivity index (χ0n) is 13.5. The van der Waals surface area contributed by atoms with Crippen LogP contribution >= 0.6 is 0 Å². The van der Waals surface area contributed by atoms with Gasteiger partial charge in [0, 0.05) is 18.3 Å². The Bertz CT molecular complexity index is 1010. The summed E-state index contributed by atoms with van der Waals surface area (Å²) in [7, 11) is 1.54. The van der Waals surface area contributed by atoms with E-state index in [2.05, 4.69) is 15.6 Å². The van der Waals surface area contributed by atoms with E-state index in [1.807, 2.05) is 6.07 Å². The fraction of sp³-hybridized carbons (Fsp3) is 0.111. The maximum absolute atomic E-state index is 12.3. The van der Waals surface area contributed by atoms with Gasteiger partial charge in [0.05, 0.1) is 17.2 Å². The van der Waals surface area contributed by atoms with Crippen LogP contribution in [0.4, 0.5) is 5.69 Å². The largest absolute Gasteiger partial charge is 0.355 e. The lowest BCUT2D eigenvalue weighted by molar-refractivity contribution is -0.116. The molecule has 0 saturated heterocycles. The number of benzene rings is 2. The molecule has 3 aromatic rings. The van der Waals surface area contributed by atoms with Crippen molar-refractivity contribution in [1.29, 1.82) is 0 Å². The van der Waals surface area contributed by atoms with Gasteiger partial charge in [0.2, 0.25) is 5.91 Å². The predicted molar refractivity (Wildman–Crippen MR) is 94.5 cm³/mol. The van der Waals surface area contributed by atoms with Crippen LogP contribution in [0, 0.1) is 0 Å². The molecular weight excluding hydrogens is 320 g/mol. The number of rotatable bonds is 4.